The highest BCUT2D eigenvalue weighted by Crippen LogP contribution is 2.33. The van der Waals surface area contributed by atoms with E-state index in [2.05, 4.69) is 41.5 Å². The summed E-state index contributed by atoms with van der Waals surface area (Å²) >= 11 is 3.28. The Bertz CT molecular complexity index is 1210. The van der Waals surface area contributed by atoms with Crippen LogP contribution >= 0.6 is 15.9 Å². The van der Waals surface area contributed by atoms with Gasteiger partial charge in [-0.05, 0) is 54.6 Å². The second kappa shape index (κ2) is 8.26. The molecular weight excluding hydrogens is 477 g/mol. The number of benzene rings is 1. The van der Waals surface area contributed by atoms with Crippen LogP contribution in [0.25, 0.3) is 17.1 Å². The molecular formula is C20H12BrF3N6O. The summed E-state index contributed by atoms with van der Waals surface area (Å²) < 4.78 is 42.1. The van der Waals surface area contributed by atoms with Crippen molar-refractivity contribution < 1.29 is 18.0 Å². The molecule has 11 heteroatoms. The summed E-state index contributed by atoms with van der Waals surface area (Å²) in [5, 5.41) is 14.2. The number of anilines is 1. The van der Waals surface area contributed by atoms with Gasteiger partial charge in [0, 0.05) is 28.0 Å². The highest BCUT2D eigenvalue weighted by Gasteiger charge is 2.37. The second-order valence-corrected chi connectivity index (χ2v) is 7.22. The third kappa shape index (κ3) is 4.61. The number of hydrogen-bond donors (Lipinski definition) is 1. The van der Waals surface area contributed by atoms with Crippen LogP contribution in [0.15, 0.2) is 71.5 Å². The molecule has 0 spiro atoms. The van der Waals surface area contributed by atoms with Crippen LogP contribution in [0.4, 0.5) is 19.0 Å². The van der Waals surface area contributed by atoms with Gasteiger partial charge in [0.1, 0.15) is 0 Å². The van der Waals surface area contributed by atoms with Crippen molar-refractivity contribution in [1.82, 2.24) is 25.0 Å². The molecule has 0 bridgehead atoms. The number of hydrogen-bond acceptors (Lipinski definition) is 5. The second-order valence-electron chi connectivity index (χ2n) is 6.30. The van der Waals surface area contributed by atoms with E-state index >= 15 is 0 Å². The monoisotopic (exact) mass is 488 g/mol. The molecule has 3 aromatic heterocycles. The molecule has 0 unspecified atom stereocenters. The van der Waals surface area contributed by atoms with E-state index in [9.17, 15) is 18.0 Å². The Morgan fingerprint density at radius 2 is 1.81 bits per heavy atom. The van der Waals surface area contributed by atoms with Crippen LogP contribution in [0.2, 0.25) is 0 Å². The SMILES string of the molecule is O=C(Nc1ccc(-n2nc(-c3cccnc3)cc2C(F)(F)F)nn1)c1ccc(Br)cc1. The quantitative estimate of drug-likeness (QED) is 0.447. The van der Waals surface area contributed by atoms with Crippen LogP contribution in [0.3, 0.4) is 0 Å². The maximum atomic E-state index is 13.5. The van der Waals surface area contributed by atoms with Gasteiger partial charge in [0.2, 0.25) is 0 Å². The van der Waals surface area contributed by atoms with Gasteiger partial charge in [0.05, 0.1) is 5.69 Å². The zero-order chi connectivity index (χ0) is 22.0. The molecule has 0 atom stereocenters. The van der Waals surface area contributed by atoms with Crippen molar-refractivity contribution in [2.24, 2.45) is 0 Å². The van der Waals surface area contributed by atoms with Gasteiger partial charge < -0.3 is 5.32 Å². The van der Waals surface area contributed by atoms with Gasteiger partial charge in [-0.25, -0.2) is 4.68 Å². The number of nitrogens with one attached hydrogen (secondary N) is 1. The van der Waals surface area contributed by atoms with E-state index in [-0.39, 0.29) is 17.3 Å². The minimum absolute atomic E-state index is 0.0878. The summed E-state index contributed by atoms with van der Waals surface area (Å²) in [4.78, 5) is 16.2. The first-order valence-corrected chi connectivity index (χ1v) is 9.59. The molecule has 3 heterocycles. The lowest BCUT2D eigenvalue weighted by atomic mass is 10.2. The number of rotatable bonds is 4. The predicted octanol–water partition coefficient (Wildman–Crippen LogP) is 4.76. The number of halogens is 4. The molecule has 1 amide bonds. The number of carbonyl (C=O) groups is 1. The van der Waals surface area contributed by atoms with Gasteiger partial charge >= 0.3 is 6.18 Å². The molecule has 0 aliphatic carbocycles. The molecule has 0 saturated heterocycles. The Labute approximate surface area is 182 Å². The molecule has 1 aromatic carbocycles. The van der Waals surface area contributed by atoms with Crippen LogP contribution in [0, 0.1) is 0 Å². The fourth-order valence-corrected chi connectivity index (χ4v) is 2.97. The summed E-state index contributed by atoms with van der Waals surface area (Å²) in [5.41, 5.74) is -0.0955. The van der Waals surface area contributed by atoms with E-state index in [1.165, 1.54) is 24.5 Å². The maximum Gasteiger partial charge on any atom is 0.433 e. The summed E-state index contributed by atoms with van der Waals surface area (Å²) in [6.07, 6.45) is -1.74. The fourth-order valence-electron chi connectivity index (χ4n) is 2.71. The topological polar surface area (TPSA) is 85.6 Å². The first-order chi connectivity index (χ1) is 14.8. The van der Waals surface area contributed by atoms with Crippen molar-refractivity contribution >= 4 is 27.7 Å². The molecule has 156 valence electrons. The minimum atomic E-state index is -4.66. The summed E-state index contributed by atoms with van der Waals surface area (Å²) in [5.74, 6) is -0.488. The molecule has 7 nitrogen and oxygen atoms in total. The lowest BCUT2D eigenvalue weighted by molar-refractivity contribution is -0.142. The molecule has 4 rings (SSSR count). The predicted molar refractivity (Wildman–Crippen MR) is 109 cm³/mol. The zero-order valence-corrected chi connectivity index (χ0v) is 17.1. The average molecular weight is 489 g/mol. The summed E-state index contributed by atoms with van der Waals surface area (Å²) in [6, 6.07) is 13.4. The van der Waals surface area contributed by atoms with E-state index in [0.717, 1.165) is 10.5 Å². The Hall–Kier alpha value is -3.60. The van der Waals surface area contributed by atoms with Crippen LogP contribution in [-0.2, 0) is 6.18 Å². The molecule has 0 aliphatic heterocycles. The van der Waals surface area contributed by atoms with Crippen molar-refractivity contribution in [3.63, 3.8) is 0 Å². The number of amides is 1. The van der Waals surface area contributed by atoms with Crippen molar-refractivity contribution in [3.8, 4) is 17.1 Å². The molecule has 1 N–H and O–H groups in total. The normalized spacial score (nSPS) is 11.4. The number of nitrogens with zero attached hydrogens (tertiary/aromatic N) is 5. The van der Waals surface area contributed by atoms with E-state index in [4.69, 9.17) is 0 Å². The maximum absolute atomic E-state index is 13.5. The average Bonchev–Trinajstić information content (AvgIpc) is 3.21. The number of alkyl halides is 3. The van der Waals surface area contributed by atoms with Gasteiger partial charge in [0.15, 0.2) is 17.3 Å². The zero-order valence-electron chi connectivity index (χ0n) is 15.5. The van der Waals surface area contributed by atoms with E-state index in [0.29, 0.717) is 15.8 Å². The Morgan fingerprint density at radius 3 is 2.42 bits per heavy atom. The van der Waals surface area contributed by atoms with E-state index in [1.54, 1.807) is 36.4 Å². The fraction of sp³-hybridized carbons (Fsp3) is 0.0500. The third-order valence-corrected chi connectivity index (χ3v) is 4.70. The molecule has 31 heavy (non-hydrogen) atoms. The number of carbonyl (C=O) groups excluding carboxylic acids is 1. The van der Waals surface area contributed by atoms with Gasteiger partial charge in [-0.1, -0.05) is 15.9 Å². The summed E-state index contributed by atoms with van der Waals surface area (Å²) in [7, 11) is 0. The van der Waals surface area contributed by atoms with Crippen LogP contribution < -0.4 is 5.32 Å². The van der Waals surface area contributed by atoms with E-state index in [1.807, 2.05) is 0 Å². The van der Waals surface area contributed by atoms with E-state index < -0.39 is 17.8 Å². The van der Waals surface area contributed by atoms with Gasteiger partial charge in [-0.15, -0.1) is 10.2 Å². The van der Waals surface area contributed by atoms with Crippen molar-refractivity contribution in [2.45, 2.75) is 6.18 Å². The van der Waals surface area contributed by atoms with Gasteiger partial charge in [-0.3, -0.25) is 9.78 Å². The Balaban J connectivity index is 1.62. The first-order valence-electron chi connectivity index (χ1n) is 8.80. The Morgan fingerprint density at radius 1 is 1.03 bits per heavy atom. The molecule has 0 fully saturated rings. The van der Waals surface area contributed by atoms with Crippen LogP contribution in [0.1, 0.15) is 16.1 Å². The smallest absolute Gasteiger partial charge is 0.305 e. The highest BCUT2D eigenvalue weighted by atomic mass is 79.9. The highest BCUT2D eigenvalue weighted by molar-refractivity contribution is 9.10. The molecule has 0 radical (unpaired) electrons. The lowest BCUT2D eigenvalue weighted by Crippen LogP contribution is -2.16. The minimum Gasteiger partial charge on any atom is -0.305 e. The lowest BCUT2D eigenvalue weighted by Gasteiger charge is -2.09. The largest absolute Gasteiger partial charge is 0.433 e. The Kier molecular flexibility index (Phi) is 5.51. The molecule has 4 aromatic rings. The van der Waals surface area contributed by atoms with Crippen molar-refractivity contribution in [3.05, 3.63) is 82.7 Å². The first kappa shape index (κ1) is 20.7. The third-order valence-electron chi connectivity index (χ3n) is 4.17. The summed E-state index contributed by atoms with van der Waals surface area (Å²) in [6.45, 7) is 0. The van der Waals surface area contributed by atoms with Gasteiger partial charge in [-0.2, -0.15) is 18.3 Å². The van der Waals surface area contributed by atoms with Crippen LogP contribution in [-0.4, -0.2) is 30.9 Å². The number of pyridine rings is 1. The standard InChI is InChI=1S/C20H12BrF3N6O/c21-14-5-3-12(4-6-14)19(31)26-17-7-8-18(28-27-17)30-16(20(22,23)24)10-15(29-30)13-2-1-9-25-11-13/h1-11H,(H,26,27,31). The van der Waals surface area contributed by atoms with Crippen LogP contribution in [0.5, 0.6) is 0 Å². The van der Waals surface area contributed by atoms with Crippen molar-refractivity contribution in [1.29, 1.82) is 0 Å². The van der Waals surface area contributed by atoms with Crippen molar-refractivity contribution in [2.75, 3.05) is 5.32 Å². The molecule has 0 aliphatic rings. The molecule has 0 saturated carbocycles. The van der Waals surface area contributed by atoms with Gasteiger partial charge in [0.25, 0.3) is 5.91 Å². The number of aromatic nitrogens is 5.